The summed E-state index contributed by atoms with van der Waals surface area (Å²) in [6.45, 7) is 0. The molecule has 1 aliphatic rings. The first-order chi connectivity index (χ1) is 12.7. The van der Waals surface area contributed by atoms with Crippen molar-refractivity contribution in [3.8, 4) is 0 Å². The minimum Gasteiger partial charge on any atom is -0.328 e. The van der Waals surface area contributed by atoms with Crippen molar-refractivity contribution < 1.29 is 4.79 Å². The van der Waals surface area contributed by atoms with E-state index < -0.39 is 5.91 Å². The minimum atomic E-state index is -0.406. The molecule has 1 amide bonds. The van der Waals surface area contributed by atoms with Crippen LogP contribution in [0.3, 0.4) is 0 Å². The van der Waals surface area contributed by atoms with E-state index in [-0.39, 0.29) is 17.0 Å². The summed E-state index contributed by atoms with van der Waals surface area (Å²) in [6.07, 6.45) is 12.2. The first kappa shape index (κ1) is 16.4. The van der Waals surface area contributed by atoms with Gasteiger partial charge in [-0.3, -0.25) is 14.6 Å². The van der Waals surface area contributed by atoms with Crippen LogP contribution < -0.4 is 10.7 Å². The summed E-state index contributed by atoms with van der Waals surface area (Å²) in [4.78, 5) is 34.0. The van der Waals surface area contributed by atoms with Crippen LogP contribution in [0, 0.1) is 0 Å². The smallest absolute Gasteiger partial charge is 0.261 e. The van der Waals surface area contributed by atoms with Crippen molar-refractivity contribution in [3.63, 3.8) is 0 Å². The molecule has 6 heteroatoms. The second-order valence-corrected chi connectivity index (χ2v) is 6.64. The quantitative estimate of drug-likeness (QED) is 0.785. The molecule has 4 rings (SSSR count). The Hall–Kier alpha value is -3.02. The highest BCUT2D eigenvalue weighted by Gasteiger charge is 2.21. The second kappa shape index (κ2) is 7.07. The van der Waals surface area contributed by atoms with Crippen LogP contribution >= 0.6 is 0 Å². The number of nitrogens with zero attached hydrogens (tertiary/aromatic N) is 3. The maximum atomic E-state index is 12.9. The Morgan fingerprint density at radius 1 is 1.08 bits per heavy atom. The Kier molecular flexibility index (Phi) is 4.48. The lowest BCUT2D eigenvalue weighted by Crippen LogP contribution is -2.26. The lowest BCUT2D eigenvalue weighted by Gasteiger charge is -2.26. The number of nitrogens with one attached hydrogen (secondary N) is 1. The van der Waals surface area contributed by atoms with E-state index in [9.17, 15) is 9.59 Å². The molecule has 0 spiro atoms. The molecule has 3 aromatic heterocycles. The molecule has 26 heavy (non-hydrogen) atoms. The highest BCUT2D eigenvalue weighted by atomic mass is 16.2. The highest BCUT2D eigenvalue weighted by molar-refractivity contribution is 6.05. The molecule has 0 unspecified atom stereocenters. The third-order valence-corrected chi connectivity index (χ3v) is 4.94. The first-order valence-electron chi connectivity index (χ1n) is 8.95. The van der Waals surface area contributed by atoms with Crippen LogP contribution in [0.2, 0.25) is 0 Å². The third-order valence-electron chi connectivity index (χ3n) is 4.94. The summed E-state index contributed by atoms with van der Waals surface area (Å²) in [5.41, 5.74) is 1.13. The van der Waals surface area contributed by atoms with E-state index in [4.69, 9.17) is 0 Å². The van der Waals surface area contributed by atoms with Crippen molar-refractivity contribution in [2.45, 2.75) is 38.1 Å². The summed E-state index contributed by atoms with van der Waals surface area (Å²) in [5, 5.41) is 3.27. The van der Waals surface area contributed by atoms with Gasteiger partial charge in [0.2, 0.25) is 5.43 Å². The zero-order chi connectivity index (χ0) is 17.9. The highest BCUT2D eigenvalue weighted by Crippen LogP contribution is 2.30. The SMILES string of the molecule is O=C(Nc1ccncc1)c1cn(C2CCCCC2)c2ncccc2c1=O. The van der Waals surface area contributed by atoms with Gasteiger partial charge in [-0.15, -0.1) is 0 Å². The minimum absolute atomic E-state index is 0.146. The zero-order valence-corrected chi connectivity index (χ0v) is 14.4. The van der Waals surface area contributed by atoms with E-state index in [0.29, 0.717) is 16.7 Å². The average Bonchev–Trinajstić information content (AvgIpc) is 2.70. The molecular weight excluding hydrogens is 328 g/mol. The molecule has 0 bridgehead atoms. The Bertz CT molecular complexity index is 992. The number of hydrogen-bond acceptors (Lipinski definition) is 4. The molecule has 0 saturated heterocycles. The van der Waals surface area contributed by atoms with Gasteiger partial charge < -0.3 is 9.88 Å². The number of hydrogen-bond donors (Lipinski definition) is 1. The predicted octanol–water partition coefficient (Wildman–Crippen LogP) is 3.55. The molecular formula is C20H20N4O2. The van der Waals surface area contributed by atoms with E-state index in [1.54, 1.807) is 49.1 Å². The molecule has 3 aromatic rings. The third kappa shape index (κ3) is 3.10. The molecule has 1 saturated carbocycles. The number of pyridine rings is 3. The number of amides is 1. The van der Waals surface area contributed by atoms with Gasteiger partial charge in [-0.2, -0.15) is 0 Å². The largest absolute Gasteiger partial charge is 0.328 e. The van der Waals surface area contributed by atoms with Crippen LogP contribution in [0.5, 0.6) is 0 Å². The van der Waals surface area contributed by atoms with Crippen LogP contribution in [0.15, 0.2) is 53.8 Å². The molecule has 1 fully saturated rings. The Morgan fingerprint density at radius 3 is 2.62 bits per heavy atom. The van der Waals surface area contributed by atoms with Gasteiger partial charge in [0.05, 0.1) is 5.39 Å². The van der Waals surface area contributed by atoms with E-state index in [1.165, 1.54) is 6.42 Å². The standard InChI is InChI=1S/C20H20N4O2/c25-18-16-7-4-10-22-19(16)24(15-5-2-1-3-6-15)13-17(18)20(26)23-14-8-11-21-12-9-14/h4,7-13,15H,1-3,5-6H2,(H,21,23,26). The van der Waals surface area contributed by atoms with Crippen LogP contribution in [-0.2, 0) is 0 Å². The van der Waals surface area contributed by atoms with Crippen LogP contribution in [0.25, 0.3) is 11.0 Å². The maximum Gasteiger partial charge on any atom is 0.261 e. The summed E-state index contributed by atoms with van der Waals surface area (Å²) >= 11 is 0. The van der Waals surface area contributed by atoms with Crippen molar-refractivity contribution in [1.29, 1.82) is 0 Å². The number of fused-ring (bicyclic) bond motifs is 1. The molecule has 0 radical (unpaired) electrons. The van der Waals surface area contributed by atoms with Gasteiger partial charge in [-0.1, -0.05) is 19.3 Å². The Balaban J connectivity index is 1.80. The summed E-state index contributed by atoms with van der Waals surface area (Å²) in [6, 6.07) is 7.14. The van der Waals surface area contributed by atoms with Gasteiger partial charge in [-0.25, -0.2) is 4.98 Å². The van der Waals surface area contributed by atoms with Crippen molar-refractivity contribution in [2.24, 2.45) is 0 Å². The van der Waals surface area contributed by atoms with E-state index >= 15 is 0 Å². The van der Waals surface area contributed by atoms with Crippen molar-refractivity contribution >= 4 is 22.6 Å². The summed E-state index contributed by atoms with van der Waals surface area (Å²) in [5.74, 6) is -0.406. The van der Waals surface area contributed by atoms with Crippen molar-refractivity contribution in [3.05, 3.63) is 64.8 Å². The molecule has 3 heterocycles. The van der Waals surface area contributed by atoms with Gasteiger partial charge >= 0.3 is 0 Å². The average molecular weight is 348 g/mol. The molecule has 1 N–H and O–H groups in total. The Labute approximate surface area is 150 Å². The predicted molar refractivity (Wildman–Crippen MR) is 100 cm³/mol. The van der Waals surface area contributed by atoms with E-state index in [1.807, 2.05) is 4.57 Å². The normalized spacial score (nSPS) is 15.1. The number of anilines is 1. The lowest BCUT2D eigenvalue weighted by atomic mass is 9.95. The van der Waals surface area contributed by atoms with Gasteiger partial charge in [0, 0.05) is 36.5 Å². The van der Waals surface area contributed by atoms with E-state index in [2.05, 4.69) is 15.3 Å². The second-order valence-electron chi connectivity index (χ2n) is 6.64. The monoisotopic (exact) mass is 348 g/mol. The van der Waals surface area contributed by atoms with Gasteiger partial charge in [0.25, 0.3) is 5.91 Å². The van der Waals surface area contributed by atoms with Crippen LogP contribution in [0.1, 0.15) is 48.5 Å². The number of carbonyl (C=O) groups excluding carboxylic acids is 1. The molecule has 6 nitrogen and oxygen atoms in total. The number of aromatic nitrogens is 3. The molecule has 1 aliphatic carbocycles. The molecule has 0 atom stereocenters. The van der Waals surface area contributed by atoms with E-state index in [0.717, 1.165) is 25.7 Å². The lowest BCUT2D eigenvalue weighted by molar-refractivity contribution is 0.102. The molecule has 132 valence electrons. The van der Waals surface area contributed by atoms with Crippen LogP contribution in [-0.4, -0.2) is 20.4 Å². The fourth-order valence-corrected chi connectivity index (χ4v) is 3.62. The van der Waals surface area contributed by atoms with Crippen LogP contribution in [0.4, 0.5) is 5.69 Å². The zero-order valence-electron chi connectivity index (χ0n) is 14.4. The van der Waals surface area contributed by atoms with Gasteiger partial charge in [0.15, 0.2) is 0 Å². The maximum absolute atomic E-state index is 12.9. The fraction of sp³-hybridized carbons (Fsp3) is 0.300. The van der Waals surface area contributed by atoms with Crippen molar-refractivity contribution in [1.82, 2.24) is 14.5 Å². The molecule has 0 aromatic carbocycles. The Morgan fingerprint density at radius 2 is 1.85 bits per heavy atom. The fourth-order valence-electron chi connectivity index (χ4n) is 3.62. The number of carbonyl (C=O) groups is 1. The summed E-state index contributed by atoms with van der Waals surface area (Å²) < 4.78 is 2.03. The summed E-state index contributed by atoms with van der Waals surface area (Å²) in [7, 11) is 0. The van der Waals surface area contributed by atoms with Gasteiger partial charge in [-0.05, 0) is 37.1 Å². The molecule has 0 aliphatic heterocycles. The van der Waals surface area contributed by atoms with Gasteiger partial charge in [0.1, 0.15) is 11.2 Å². The first-order valence-corrected chi connectivity index (χ1v) is 8.95. The number of rotatable bonds is 3. The van der Waals surface area contributed by atoms with Crippen molar-refractivity contribution in [2.75, 3.05) is 5.32 Å². The topological polar surface area (TPSA) is 76.9 Å².